The molecule has 0 spiro atoms. The van der Waals surface area contributed by atoms with Crippen LogP contribution in [0.5, 0.6) is 0 Å². The fourth-order valence-corrected chi connectivity index (χ4v) is 2.36. The Morgan fingerprint density at radius 1 is 0.593 bits per heavy atom. The molecule has 1 saturated heterocycles. The minimum atomic E-state index is -1.11. The molecule has 23 nitrogen and oxygen atoms in total. The van der Waals surface area contributed by atoms with Crippen molar-refractivity contribution in [2.45, 2.75) is 103 Å². The first-order chi connectivity index (χ1) is 24.5. The number of rotatable bonds is 14. The number of amides is 1. The van der Waals surface area contributed by atoms with E-state index in [1.807, 2.05) is 0 Å². The van der Waals surface area contributed by atoms with Gasteiger partial charge >= 0.3 is 41.8 Å². The molecular weight excluding hydrogens is 764 g/mol. The van der Waals surface area contributed by atoms with Crippen LogP contribution in [0, 0.1) is 11.8 Å². The molecule has 0 aromatic rings. The molecule has 1 heterocycles. The normalized spacial score (nSPS) is 15.6. The third kappa shape index (κ3) is 46.2. The lowest BCUT2D eigenvalue weighted by Gasteiger charge is -2.07. The van der Waals surface area contributed by atoms with Crippen LogP contribution in [-0.4, -0.2) is 144 Å². The summed E-state index contributed by atoms with van der Waals surface area (Å²) in [7, 11) is 0. The quantitative estimate of drug-likeness (QED) is 0.0761. The molecular formula is C29H62N8O15S2. The summed E-state index contributed by atoms with van der Waals surface area (Å²) in [5.74, 6) is -6.77. The number of aliphatic carboxylic acids is 7. The average Bonchev–Trinajstić information content (AvgIpc) is 3.63. The molecule has 320 valence electrons. The van der Waals surface area contributed by atoms with E-state index >= 15 is 0 Å². The highest BCUT2D eigenvalue weighted by Gasteiger charge is 2.20. The largest absolute Gasteiger partial charge is 0.480 e. The summed E-state index contributed by atoms with van der Waals surface area (Å²) in [6.07, 6.45) is 1.91. The first-order valence-electron chi connectivity index (χ1n) is 15.8. The van der Waals surface area contributed by atoms with E-state index in [0.717, 1.165) is 19.4 Å². The van der Waals surface area contributed by atoms with Gasteiger partial charge in [-0.1, -0.05) is 27.7 Å². The lowest BCUT2D eigenvalue weighted by Crippen LogP contribution is -2.34. The Kier molecular flexibility index (Phi) is 43.2. The van der Waals surface area contributed by atoms with Gasteiger partial charge in [0.15, 0.2) is 0 Å². The summed E-state index contributed by atoms with van der Waals surface area (Å²) >= 11 is 7.30. The lowest BCUT2D eigenvalue weighted by atomic mass is 10.1. The monoisotopic (exact) mass is 826 g/mol. The molecule has 1 aliphatic heterocycles. The molecule has 1 amide bonds. The van der Waals surface area contributed by atoms with Crippen LogP contribution >= 0.6 is 25.3 Å². The zero-order valence-electron chi connectivity index (χ0n) is 31.0. The smallest absolute Gasteiger partial charge is 0.321 e. The summed E-state index contributed by atoms with van der Waals surface area (Å²) in [6, 6.07) is -5.04. The molecule has 1 aliphatic rings. The molecule has 0 unspecified atom stereocenters. The number of carbonyl (C=O) groups excluding carboxylic acids is 1. The highest BCUT2D eigenvalue weighted by atomic mass is 32.1. The predicted molar refractivity (Wildman–Crippen MR) is 204 cm³/mol. The molecule has 1 rings (SSSR count). The molecule has 0 radical (unpaired) electrons. The van der Waals surface area contributed by atoms with E-state index in [-0.39, 0.29) is 42.2 Å². The zero-order chi connectivity index (χ0) is 44.5. The van der Waals surface area contributed by atoms with E-state index in [0.29, 0.717) is 0 Å². The summed E-state index contributed by atoms with van der Waals surface area (Å²) in [6.45, 7) is 9.38. The Balaban J connectivity index is -0.000000125. The molecule has 0 bridgehead atoms. The number of hydrogen-bond donors (Lipinski definition) is 17. The van der Waals surface area contributed by atoms with Gasteiger partial charge < -0.3 is 81.2 Å². The molecule has 22 N–H and O–H groups in total. The Morgan fingerprint density at radius 2 is 0.907 bits per heavy atom. The third-order valence-corrected chi connectivity index (χ3v) is 6.59. The van der Waals surface area contributed by atoms with Crippen molar-refractivity contribution in [1.29, 1.82) is 0 Å². The SMILES string of the molecule is CC(C)[C@H](N)C(=O)O.CC(C)[C@H](N)C(=O)O.C[C@H](N)C(=O)O.NC(=O)CC[C@H](N)C(=O)O.N[C@@H](CS)C(=O)O.N[C@@H](CS)C(=O)O.O=C(O)[C@@H]1CCCN1. The van der Waals surface area contributed by atoms with Crippen molar-refractivity contribution in [1.82, 2.24) is 5.32 Å². The van der Waals surface area contributed by atoms with Gasteiger partial charge in [-0.3, -0.25) is 38.4 Å². The van der Waals surface area contributed by atoms with Crippen LogP contribution in [-0.2, 0) is 38.4 Å². The highest BCUT2D eigenvalue weighted by Crippen LogP contribution is 2.03. The Bertz CT molecular complexity index is 1040. The molecule has 0 aliphatic carbocycles. The van der Waals surface area contributed by atoms with Gasteiger partial charge in [0.05, 0.1) is 0 Å². The van der Waals surface area contributed by atoms with Crippen LogP contribution in [0.15, 0.2) is 0 Å². The van der Waals surface area contributed by atoms with Crippen molar-refractivity contribution in [3.05, 3.63) is 0 Å². The molecule has 25 heteroatoms. The van der Waals surface area contributed by atoms with Crippen molar-refractivity contribution in [3.8, 4) is 0 Å². The lowest BCUT2D eigenvalue weighted by molar-refractivity contribution is -0.140. The summed E-state index contributed by atoms with van der Waals surface area (Å²) in [5, 5.41) is 59.8. The topological polar surface area (TPSA) is 472 Å². The van der Waals surface area contributed by atoms with Gasteiger partial charge in [0.2, 0.25) is 5.91 Å². The van der Waals surface area contributed by atoms with Crippen LogP contribution in [0.2, 0.25) is 0 Å². The Labute approximate surface area is 324 Å². The highest BCUT2D eigenvalue weighted by molar-refractivity contribution is 7.80. The van der Waals surface area contributed by atoms with E-state index < -0.39 is 83.9 Å². The zero-order valence-corrected chi connectivity index (χ0v) is 32.8. The summed E-state index contributed by atoms with van der Waals surface area (Å²) in [4.78, 5) is 79.4. The van der Waals surface area contributed by atoms with Crippen molar-refractivity contribution in [2.75, 3.05) is 18.1 Å². The molecule has 7 atom stereocenters. The number of carboxylic acid groups (broad SMARTS) is 7. The Hall–Kier alpha value is -3.82. The minimum Gasteiger partial charge on any atom is -0.480 e. The number of nitrogens with one attached hydrogen (secondary N) is 1. The predicted octanol–water partition coefficient (Wildman–Crippen LogP) is -3.33. The number of carboxylic acids is 7. The second-order valence-corrected chi connectivity index (χ2v) is 12.3. The van der Waals surface area contributed by atoms with E-state index in [1.54, 1.807) is 27.7 Å². The van der Waals surface area contributed by atoms with E-state index in [1.165, 1.54) is 6.92 Å². The first-order valence-corrected chi connectivity index (χ1v) is 17.1. The standard InChI is InChI=1S/C5H10N2O3.C5H9NO2.2C5H11NO2.2C3H7NO2S.C3H7NO2/c6-3(5(9)10)1-2-4(7)8;7-5(8)4-2-1-3-6-4;2*1-3(2)4(6)5(7)8;2*4-2(1-7)3(5)6;1-2(4)3(5)6/h3H,1-2,6H2,(H2,7,8)(H,9,10);4,6H,1-3H2,(H,7,8);2*3-4H,6H2,1-2H3,(H,7,8);2*2,7H,1,4H2,(H,5,6);2H,4H2,1H3,(H,5,6)/t3-;3*4-;3*2-/m0000000/s1. The van der Waals surface area contributed by atoms with E-state index in [4.69, 9.17) is 75.9 Å². The fourth-order valence-electron chi connectivity index (χ4n) is 2.04. The van der Waals surface area contributed by atoms with Crippen molar-refractivity contribution in [2.24, 2.45) is 52.0 Å². The van der Waals surface area contributed by atoms with Crippen LogP contribution in [0.1, 0.15) is 60.3 Å². The second-order valence-electron chi connectivity index (χ2n) is 11.5. The van der Waals surface area contributed by atoms with Crippen LogP contribution in [0.4, 0.5) is 0 Å². The van der Waals surface area contributed by atoms with Gasteiger partial charge in [-0.15, -0.1) is 0 Å². The number of carbonyl (C=O) groups is 8. The fraction of sp³-hybridized carbons (Fsp3) is 0.724. The van der Waals surface area contributed by atoms with Crippen LogP contribution < -0.4 is 45.5 Å². The number of primary amides is 1. The molecule has 0 aromatic carbocycles. The average molecular weight is 827 g/mol. The summed E-state index contributed by atoms with van der Waals surface area (Å²) < 4.78 is 0. The molecule has 54 heavy (non-hydrogen) atoms. The van der Waals surface area contributed by atoms with Crippen LogP contribution in [0.25, 0.3) is 0 Å². The van der Waals surface area contributed by atoms with Crippen molar-refractivity contribution >= 4 is 72.9 Å². The number of thiol groups is 2. The maximum Gasteiger partial charge on any atom is 0.321 e. The van der Waals surface area contributed by atoms with Crippen molar-refractivity contribution < 1.29 is 74.1 Å². The maximum atomic E-state index is 10.1. The van der Waals surface area contributed by atoms with Gasteiger partial charge in [-0.05, 0) is 44.6 Å². The Morgan fingerprint density at radius 3 is 1.00 bits per heavy atom. The van der Waals surface area contributed by atoms with E-state index in [2.05, 4.69) is 30.6 Å². The minimum absolute atomic E-state index is 0.0208. The first kappa shape index (κ1) is 62.2. The van der Waals surface area contributed by atoms with Gasteiger partial charge in [0.1, 0.15) is 42.3 Å². The van der Waals surface area contributed by atoms with Gasteiger partial charge in [0.25, 0.3) is 0 Å². The number of nitrogens with two attached hydrogens (primary N) is 7. The molecule has 0 aromatic heterocycles. The molecule has 0 saturated carbocycles. The van der Waals surface area contributed by atoms with Gasteiger partial charge in [0, 0.05) is 17.9 Å². The third-order valence-electron chi connectivity index (χ3n) is 5.80. The second kappa shape index (κ2) is 37.5. The van der Waals surface area contributed by atoms with Gasteiger partial charge in [-0.25, -0.2) is 0 Å². The van der Waals surface area contributed by atoms with Gasteiger partial charge in [-0.2, -0.15) is 25.3 Å². The van der Waals surface area contributed by atoms with Crippen molar-refractivity contribution in [3.63, 3.8) is 0 Å². The summed E-state index contributed by atoms with van der Waals surface area (Å²) in [5.41, 5.74) is 34.8. The molecule has 1 fully saturated rings. The van der Waals surface area contributed by atoms with E-state index in [9.17, 15) is 38.4 Å². The maximum absolute atomic E-state index is 10.1. The number of hydrogen-bond acceptors (Lipinski definition) is 17. The van der Waals surface area contributed by atoms with Crippen LogP contribution in [0.3, 0.4) is 0 Å².